The molecule has 0 atom stereocenters. The number of halogens is 1. The maximum Gasteiger partial charge on any atom is 0.433 e. The number of para-hydroxylation sites is 1. The summed E-state index contributed by atoms with van der Waals surface area (Å²) in [5.41, 5.74) is 0.626. The van der Waals surface area contributed by atoms with Crippen molar-refractivity contribution in [1.29, 1.82) is 0 Å². The molecule has 142 valence electrons. The Morgan fingerprint density at radius 3 is 2.78 bits per heavy atom. The largest absolute Gasteiger partial charge is 0.433 e. The summed E-state index contributed by atoms with van der Waals surface area (Å²) >= 11 is 7.54. The average molecular weight is 410 g/mol. The Morgan fingerprint density at radius 2 is 2.15 bits per heavy atom. The zero-order valence-corrected chi connectivity index (χ0v) is 16.3. The molecule has 2 aromatic heterocycles. The van der Waals surface area contributed by atoms with Crippen LogP contribution >= 0.6 is 22.9 Å². The van der Waals surface area contributed by atoms with Crippen molar-refractivity contribution >= 4 is 50.1 Å². The SMILES string of the molecule is C[NH+](C)CCCN(C(=O)c1ccc([N+](=O)[O-])o1)c1nc2c(Cl)cccc2s1. The maximum atomic E-state index is 13.0. The molecule has 8 nitrogen and oxygen atoms in total. The molecule has 0 spiro atoms. The van der Waals surface area contributed by atoms with E-state index in [1.54, 1.807) is 6.07 Å². The van der Waals surface area contributed by atoms with Crippen molar-refractivity contribution in [1.82, 2.24) is 4.98 Å². The number of nitro groups is 1. The van der Waals surface area contributed by atoms with E-state index >= 15 is 0 Å². The summed E-state index contributed by atoms with van der Waals surface area (Å²) in [4.78, 5) is 30.4. The molecule has 0 unspecified atom stereocenters. The number of anilines is 1. The zero-order valence-electron chi connectivity index (χ0n) is 14.8. The highest BCUT2D eigenvalue weighted by Gasteiger charge is 2.26. The third kappa shape index (κ3) is 4.26. The highest BCUT2D eigenvalue weighted by Crippen LogP contribution is 2.33. The van der Waals surface area contributed by atoms with Gasteiger partial charge >= 0.3 is 5.88 Å². The second kappa shape index (κ2) is 8.03. The molecule has 1 aromatic carbocycles. The number of nitrogens with one attached hydrogen (secondary N) is 1. The van der Waals surface area contributed by atoms with Gasteiger partial charge in [-0.05, 0) is 18.2 Å². The van der Waals surface area contributed by atoms with Crippen LogP contribution in [0, 0.1) is 10.1 Å². The van der Waals surface area contributed by atoms with Gasteiger partial charge in [0.15, 0.2) is 10.9 Å². The van der Waals surface area contributed by atoms with Crippen LogP contribution < -0.4 is 9.80 Å². The standard InChI is InChI=1S/C17H17ClN4O4S/c1-20(2)9-4-10-21(16(23)12-7-8-14(26-12)22(24)25)17-19-15-11(18)5-3-6-13(15)27-17/h3,5-8H,4,9-10H2,1-2H3/p+1. The number of rotatable bonds is 7. The van der Waals surface area contributed by atoms with Crippen LogP contribution in [-0.4, -0.2) is 43.0 Å². The molecule has 0 saturated heterocycles. The number of nitrogens with zero attached hydrogens (tertiary/aromatic N) is 3. The van der Waals surface area contributed by atoms with Gasteiger partial charge in [0.25, 0.3) is 5.91 Å². The number of thiazole rings is 1. The number of benzene rings is 1. The van der Waals surface area contributed by atoms with Gasteiger partial charge in [0.2, 0.25) is 0 Å². The molecule has 0 aliphatic carbocycles. The van der Waals surface area contributed by atoms with Crippen LogP contribution in [0.4, 0.5) is 11.0 Å². The van der Waals surface area contributed by atoms with E-state index in [4.69, 9.17) is 16.0 Å². The molecule has 0 aliphatic heterocycles. The number of aromatic nitrogens is 1. The van der Waals surface area contributed by atoms with Crippen LogP contribution in [0.1, 0.15) is 17.0 Å². The topological polar surface area (TPSA) is 93.9 Å². The minimum Gasteiger partial charge on any atom is -0.395 e. The molecule has 3 rings (SSSR count). The quantitative estimate of drug-likeness (QED) is 0.478. The second-order valence-electron chi connectivity index (χ2n) is 6.25. The minimum absolute atomic E-state index is 0.0933. The van der Waals surface area contributed by atoms with Crippen LogP contribution in [0.15, 0.2) is 34.7 Å². The first kappa shape index (κ1) is 19.3. The zero-order chi connectivity index (χ0) is 19.6. The summed E-state index contributed by atoms with van der Waals surface area (Å²) in [6.07, 6.45) is 0.737. The van der Waals surface area contributed by atoms with Crippen LogP contribution in [0.2, 0.25) is 5.02 Å². The summed E-state index contributed by atoms with van der Waals surface area (Å²) in [5, 5.41) is 11.8. The Labute approximate surface area is 164 Å². The molecular weight excluding hydrogens is 392 g/mol. The highest BCUT2D eigenvalue weighted by atomic mass is 35.5. The van der Waals surface area contributed by atoms with Crippen LogP contribution in [-0.2, 0) is 0 Å². The summed E-state index contributed by atoms with van der Waals surface area (Å²) < 4.78 is 5.95. The van der Waals surface area contributed by atoms with E-state index in [1.807, 2.05) is 26.2 Å². The van der Waals surface area contributed by atoms with Crippen LogP contribution in [0.25, 0.3) is 10.2 Å². The van der Waals surface area contributed by atoms with Crippen molar-refractivity contribution in [2.75, 3.05) is 32.1 Å². The number of carbonyl (C=O) groups is 1. The summed E-state index contributed by atoms with van der Waals surface area (Å²) in [7, 11) is 4.05. The smallest absolute Gasteiger partial charge is 0.395 e. The molecule has 1 amide bonds. The summed E-state index contributed by atoms with van der Waals surface area (Å²) in [6, 6.07) is 7.93. The van der Waals surface area contributed by atoms with Crippen molar-refractivity contribution in [2.45, 2.75) is 6.42 Å². The molecule has 0 aliphatic rings. The fourth-order valence-electron chi connectivity index (χ4n) is 2.57. The normalized spacial score (nSPS) is 11.3. The maximum absolute atomic E-state index is 13.0. The van der Waals surface area contributed by atoms with E-state index in [0.717, 1.165) is 17.7 Å². The van der Waals surface area contributed by atoms with Crippen LogP contribution in [0.3, 0.4) is 0 Å². The van der Waals surface area contributed by atoms with E-state index in [0.29, 0.717) is 22.2 Å². The summed E-state index contributed by atoms with van der Waals surface area (Å²) in [5.74, 6) is -1.03. The first-order valence-corrected chi connectivity index (χ1v) is 9.46. The molecule has 0 saturated carbocycles. The lowest BCUT2D eigenvalue weighted by Crippen LogP contribution is -3.05. The van der Waals surface area contributed by atoms with E-state index in [1.165, 1.54) is 33.3 Å². The molecule has 10 heteroatoms. The van der Waals surface area contributed by atoms with Gasteiger partial charge in [0.1, 0.15) is 10.4 Å². The molecular formula is C17H18ClN4O4S+. The molecule has 3 aromatic rings. The van der Waals surface area contributed by atoms with Gasteiger partial charge < -0.3 is 9.32 Å². The Hall–Kier alpha value is -2.49. The van der Waals surface area contributed by atoms with Crippen molar-refractivity contribution in [3.8, 4) is 0 Å². The van der Waals surface area contributed by atoms with E-state index in [2.05, 4.69) is 4.98 Å². The molecule has 0 fully saturated rings. The van der Waals surface area contributed by atoms with Crippen molar-refractivity contribution in [2.24, 2.45) is 0 Å². The minimum atomic E-state index is -0.673. The van der Waals surface area contributed by atoms with Crippen molar-refractivity contribution in [3.05, 3.63) is 51.2 Å². The molecule has 1 N–H and O–H groups in total. The van der Waals surface area contributed by atoms with Gasteiger partial charge in [0, 0.05) is 13.0 Å². The van der Waals surface area contributed by atoms with Gasteiger partial charge in [-0.2, -0.15) is 0 Å². The van der Waals surface area contributed by atoms with Gasteiger partial charge in [-0.15, -0.1) is 0 Å². The Bertz CT molecular complexity index is 984. The monoisotopic (exact) mass is 409 g/mol. The summed E-state index contributed by atoms with van der Waals surface area (Å²) in [6.45, 7) is 1.27. The molecule has 0 radical (unpaired) electrons. The van der Waals surface area contributed by atoms with Crippen molar-refractivity contribution in [3.63, 3.8) is 0 Å². The number of carbonyl (C=O) groups excluding carboxylic acids is 1. The lowest BCUT2D eigenvalue weighted by atomic mass is 10.3. The second-order valence-corrected chi connectivity index (χ2v) is 7.66. The average Bonchev–Trinajstić information content (AvgIpc) is 3.25. The van der Waals surface area contributed by atoms with Gasteiger partial charge in [-0.25, -0.2) is 4.98 Å². The van der Waals surface area contributed by atoms with Gasteiger partial charge in [-0.1, -0.05) is 29.0 Å². The van der Waals surface area contributed by atoms with Crippen molar-refractivity contribution < 1.29 is 19.0 Å². The lowest BCUT2D eigenvalue weighted by molar-refractivity contribution is -0.858. The van der Waals surface area contributed by atoms with Gasteiger partial charge in [-0.3, -0.25) is 19.8 Å². The fraction of sp³-hybridized carbons (Fsp3) is 0.294. The first-order valence-electron chi connectivity index (χ1n) is 8.27. The molecule has 2 heterocycles. The third-order valence-electron chi connectivity index (χ3n) is 3.88. The molecule has 27 heavy (non-hydrogen) atoms. The highest BCUT2D eigenvalue weighted by molar-refractivity contribution is 7.22. The predicted octanol–water partition coefficient (Wildman–Crippen LogP) is 2.63. The lowest BCUT2D eigenvalue weighted by Gasteiger charge is -2.19. The third-order valence-corrected chi connectivity index (χ3v) is 5.22. The van der Waals surface area contributed by atoms with E-state index < -0.39 is 16.7 Å². The number of amides is 1. The Balaban J connectivity index is 1.94. The molecule has 0 bridgehead atoms. The number of quaternary nitrogens is 1. The van der Waals surface area contributed by atoms with E-state index in [-0.39, 0.29) is 5.76 Å². The van der Waals surface area contributed by atoms with Crippen LogP contribution in [0.5, 0.6) is 0 Å². The number of furan rings is 1. The Kier molecular flexibility index (Phi) is 5.73. The Morgan fingerprint density at radius 1 is 1.37 bits per heavy atom. The number of hydrogen-bond acceptors (Lipinski definition) is 6. The fourth-order valence-corrected chi connectivity index (χ4v) is 3.86. The first-order chi connectivity index (χ1) is 12.9. The number of hydrogen-bond donors (Lipinski definition) is 1. The van der Waals surface area contributed by atoms with E-state index in [9.17, 15) is 14.9 Å². The van der Waals surface area contributed by atoms with Gasteiger partial charge in [0.05, 0.1) is 36.4 Å². The number of fused-ring (bicyclic) bond motifs is 1. The predicted molar refractivity (Wildman–Crippen MR) is 104 cm³/mol.